The Labute approximate surface area is 133 Å². The molecule has 0 atom stereocenters. The van der Waals surface area contributed by atoms with Gasteiger partial charge in [0.05, 0.1) is 0 Å². The second-order valence-corrected chi connectivity index (χ2v) is 6.72. The van der Waals surface area contributed by atoms with Gasteiger partial charge in [-0.2, -0.15) is 0 Å². The fourth-order valence-corrected chi connectivity index (χ4v) is 2.57. The topological polar surface area (TPSA) is 58.8 Å². The van der Waals surface area contributed by atoms with E-state index in [1.807, 2.05) is 32.9 Å². The summed E-state index contributed by atoms with van der Waals surface area (Å²) in [7, 11) is 0. The summed E-state index contributed by atoms with van der Waals surface area (Å²) >= 11 is 0. The minimum atomic E-state index is -0.436. The van der Waals surface area contributed by atoms with Crippen molar-refractivity contribution < 1.29 is 9.53 Å². The standard InChI is InChI=1S/C17H27N3O2/c1-17(2,3)22-16(21)20-10-8-19(9-11-20)13-15-7-5-4-6-14(15)12-18/h4-7H,8-13,18H2,1-3H3. The molecule has 5 nitrogen and oxygen atoms in total. The SMILES string of the molecule is CC(C)(C)OC(=O)N1CCN(Cc2ccccc2CN)CC1. The predicted molar refractivity (Wildman–Crippen MR) is 87.4 cm³/mol. The Morgan fingerprint density at radius 3 is 2.27 bits per heavy atom. The summed E-state index contributed by atoms with van der Waals surface area (Å²) in [5.41, 5.74) is 7.82. The number of amides is 1. The summed E-state index contributed by atoms with van der Waals surface area (Å²) in [5.74, 6) is 0. The van der Waals surface area contributed by atoms with Gasteiger partial charge in [-0.25, -0.2) is 4.79 Å². The molecule has 1 fully saturated rings. The van der Waals surface area contributed by atoms with E-state index in [4.69, 9.17) is 10.5 Å². The zero-order chi connectivity index (χ0) is 16.2. The number of piperazine rings is 1. The van der Waals surface area contributed by atoms with Crippen LogP contribution in [-0.2, 0) is 17.8 Å². The van der Waals surface area contributed by atoms with Crippen molar-refractivity contribution in [3.05, 3.63) is 35.4 Å². The maximum atomic E-state index is 12.0. The number of nitrogens with zero attached hydrogens (tertiary/aromatic N) is 2. The lowest BCUT2D eigenvalue weighted by Gasteiger charge is -2.35. The quantitative estimate of drug-likeness (QED) is 0.930. The molecule has 0 aliphatic carbocycles. The van der Waals surface area contributed by atoms with E-state index in [1.165, 1.54) is 11.1 Å². The predicted octanol–water partition coefficient (Wildman–Crippen LogP) is 2.20. The fourth-order valence-electron chi connectivity index (χ4n) is 2.57. The van der Waals surface area contributed by atoms with Crippen molar-refractivity contribution in [1.29, 1.82) is 0 Å². The van der Waals surface area contributed by atoms with Crippen molar-refractivity contribution >= 4 is 6.09 Å². The van der Waals surface area contributed by atoms with Gasteiger partial charge < -0.3 is 15.4 Å². The Morgan fingerprint density at radius 1 is 1.14 bits per heavy atom. The van der Waals surface area contributed by atoms with Crippen molar-refractivity contribution in [2.45, 2.75) is 39.5 Å². The monoisotopic (exact) mass is 305 g/mol. The van der Waals surface area contributed by atoms with Crippen molar-refractivity contribution in [2.75, 3.05) is 26.2 Å². The van der Waals surface area contributed by atoms with E-state index >= 15 is 0 Å². The molecule has 122 valence electrons. The second kappa shape index (κ2) is 7.11. The lowest BCUT2D eigenvalue weighted by Crippen LogP contribution is -2.49. The van der Waals surface area contributed by atoms with Gasteiger partial charge in [-0.1, -0.05) is 24.3 Å². The van der Waals surface area contributed by atoms with Gasteiger partial charge in [0, 0.05) is 39.3 Å². The highest BCUT2D eigenvalue weighted by Gasteiger charge is 2.25. The minimum Gasteiger partial charge on any atom is -0.444 e. The zero-order valence-electron chi connectivity index (χ0n) is 13.8. The molecule has 1 aromatic carbocycles. The molecule has 1 aliphatic rings. The molecule has 5 heteroatoms. The molecular formula is C17H27N3O2. The lowest BCUT2D eigenvalue weighted by molar-refractivity contribution is 0.0139. The van der Waals surface area contributed by atoms with Crippen LogP contribution in [0.3, 0.4) is 0 Å². The third-order valence-electron chi connectivity index (χ3n) is 3.76. The lowest BCUT2D eigenvalue weighted by atomic mass is 10.1. The van der Waals surface area contributed by atoms with E-state index in [0.717, 1.165) is 19.6 Å². The summed E-state index contributed by atoms with van der Waals surface area (Å²) < 4.78 is 5.42. The third-order valence-corrected chi connectivity index (χ3v) is 3.76. The van der Waals surface area contributed by atoms with Crippen LogP contribution in [0, 0.1) is 0 Å². The Kier molecular flexibility index (Phi) is 5.42. The van der Waals surface area contributed by atoms with Crippen LogP contribution in [0.1, 0.15) is 31.9 Å². The van der Waals surface area contributed by atoms with Crippen LogP contribution in [0.2, 0.25) is 0 Å². The maximum absolute atomic E-state index is 12.0. The fraction of sp³-hybridized carbons (Fsp3) is 0.588. The smallest absolute Gasteiger partial charge is 0.410 e. The number of ether oxygens (including phenoxy) is 1. The summed E-state index contributed by atoms with van der Waals surface area (Å²) in [6, 6.07) is 8.27. The van der Waals surface area contributed by atoms with Crippen molar-refractivity contribution in [3.8, 4) is 0 Å². The number of benzene rings is 1. The molecule has 0 bridgehead atoms. The first kappa shape index (κ1) is 16.8. The van der Waals surface area contributed by atoms with Gasteiger partial charge in [-0.15, -0.1) is 0 Å². The van der Waals surface area contributed by atoms with Crippen molar-refractivity contribution in [3.63, 3.8) is 0 Å². The second-order valence-electron chi connectivity index (χ2n) is 6.72. The Bertz CT molecular complexity index is 503. The number of hydrogen-bond acceptors (Lipinski definition) is 4. The van der Waals surface area contributed by atoms with Crippen LogP contribution in [0.25, 0.3) is 0 Å². The van der Waals surface area contributed by atoms with Gasteiger partial charge >= 0.3 is 6.09 Å². The average molecular weight is 305 g/mol. The molecule has 1 heterocycles. The summed E-state index contributed by atoms with van der Waals surface area (Å²) in [6.45, 7) is 10.3. The first-order chi connectivity index (χ1) is 10.4. The highest BCUT2D eigenvalue weighted by atomic mass is 16.6. The molecule has 2 rings (SSSR count). The van der Waals surface area contributed by atoms with E-state index in [0.29, 0.717) is 19.6 Å². The van der Waals surface area contributed by atoms with E-state index in [9.17, 15) is 4.79 Å². The number of rotatable bonds is 3. The van der Waals surface area contributed by atoms with Crippen LogP contribution < -0.4 is 5.73 Å². The van der Waals surface area contributed by atoms with Crippen LogP contribution >= 0.6 is 0 Å². The number of hydrogen-bond donors (Lipinski definition) is 1. The first-order valence-electron chi connectivity index (χ1n) is 7.86. The average Bonchev–Trinajstić information content (AvgIpc) is 2.47. The molecule has 22 heavy (non-hydrogen) atoms. The van der Waals surface area contributed by atoms with Crippen molar-refractivity contribution in [2.24, 2.45) is 5.73 Å². The summed E-state index contributed by atoms with van der Waals surface area (Å²) in [6.07, 6.45) is -0.213. The van der Waals surface area contributed by atoms with Gasteiger partial charge in [-0.05, 0) is 31.9 Å². The molecule has 1 amide bonds. The van der Waals surface area contributed by atoms with E-state index in [2.05, 4.69) is 17.0 Å². The number of nitrogens with two attached hydrogens (primary N) is 1. The van der Waals surface area contributed by atoms with Gasteiger partial charge in [0.25, 0.3) is 0 Å². The third kappa shape index (κ3) is 4.71. The van der Waals surface area contributed by atoms with Gasteiger partial charge in [0.15, 0.2) is 0 Å². The van der Waals surface area contributed by atoms with Crippen molar-refractivity contribution in [1.82, 2.24) is 9.80 Å². The molecular weight excluding hydrogens is 278 g/mol. The van der Waals surface area contributed by atoms with E-state index in [-0.39, 0.29) is 6.09 Å². The van der Waals surface area contributed by atoms with Crippen LogP contribution in [0.15, 0.2) is 24.3 Å². The molecule has 1 saturated heterocycles. The maximum Gasteiger partial charge on any atom is 0.410 e. The number of carbonyl (C=O) groups excluding carboxylic acids is 1. The molecule has 2 N–H and O–H groups in total. The molecule has 0 radical (unpaired) electrons. The van der Waals surface area contributed by atoms with E-state index in [1.54, 1.807) is 4.90 Å². The molecule has 0 spiro atoms. The zero-order valence-corrected chi connectivity index (χ0v) is 13.8. The van der Waals surface area contributed by atoms with Gasteiger partial charge in [0.2, 0.25) is 0 Å². The molecule has 1 aromatic rings. The molecule has 0 saturated carbocycles. The summed E-state index contributed by atoms with van der Waals surface area (Å²) in [4.78, 5) is 16.2. The van der Waals surface area contributed by atoms with E-state index < -0.39 is 5.60 Å². The van der Waals surface area contributed by atoms with Gasteiger partial charge in [0.1, 0.15) is 5.60 Å². The Hall–Kier alpha value is -1.59. The summed E-state index contributed by atoms with van der Waals surface area (Å²) in [5, 5.41) is 0. The van der Waals surface area contributed by atoms with Crippen LogP contribution in [0.4, 0.5) is 4.79 Å². The Balaban J connectivity index is 1.86. The van der Waals surface area contributed by atoms with Gasteiger partial charge in [-0.3, -0.25) is 4.90 Å². The Morgan fingerprint density at radius 2 is 1.73 bits per heavy atom. The largest absolute Gasteiger partial charge is 0.444 e. The molecule has 0 unspecified atom stereocenters. The molecule has 1 aliphatic heterocycles. The number of carbonyl (C=O) groups is 1. The first-order valence-corrected chi connectivity index (χ1v) is 7.86. The normalized spacial score (nSPS) is 16.6. The highest BCUT2D eigenvalue weighted by Crippen LogP contribution is 2.15. The van der Waals surface area contributed by atoms with Crippen LogP contribution in [-0.4, -0.2) is 47.7 Å². The minimum absolute atomic E-state index is 0.213. The molecule has 0 aromatic heterocycles. The van der Waals surface area contributed by atoms with Crippen LogP contribution in [0.5, 0.6) is 0 Å². The highest BCUT2D eigenvalue weighted by molar-refractivity contribution is 5.68.